The molecular formula is C22H22N4O4S. The molecule has 0 aliphatic carbocycles. The Morgan fingerprint density at radius 3 is 2.58 bits per heavy atom. The molecule has 0 radical (unpaired) electrons. The van der Waals surface area contributed by atoms with Crippen LogP contribution in [0, 0.1) is 10.1 Å². The zero-order chi connectivity index (χ0) is 21.8. The molecule has 31 heavy (non-hydrogen) atoms. The lowest BCUT2D eigenvalue weighted by Gasteiger charge is -2.30. The van der Waals surface area contributed by atoms with Gasteiger partial charge in [-0.1, -0.05) is 0 Å². The maximum atomic E-state index is 13.1. The molecule has 3 aromatic rings. The number of methoxy groups -OCH3 is 1. The molecule has 0 spiro atoms. The fourth-order valence-electron chi connectivity index (χ4n) is 3.62. The van der Waals surface area contributed by atoms with Gasteiger partial charge in [0.2, 0.25) is 0 Å². The number of piperidine rings is 1. The number of ether oxygens (including phenoxy) is 1. The number of carbonyl (C=O) groups is 1. The first-order valence-electron chi connectivity index (χ1n) is 10.00. The number of benzene rings is 2. The number of rotatable bonds is 6. The van der Waals surface area contributed by atoms with Gasteiger partial charge in [0.25, 0.3) is 11.6 Å². The van der Waals surface area contributed by atoms with Crippen LogP contribution in [-0.4, -0.2) is 36.0 Å². The topological polar surface area (TPSA) is 97.6 Å². The Hall–Kier alpha value is -3.46. The van der Waals surface area contributed by atoms with Crippen molar-refractivity contribution >= 4 is 33.8 Å². The molecule has 1 amide bonds. The zero-order valence-electron chi connectivity index (χ0n) is 17.0. The molecule has 160 valence electrons. The van der Waals surface area contributed by atoms with E-state index in [-0.39, 0.29) is 11.3 Å². The fourth-order valence-corrected chi connectivity index (χ4v) is 4.33. The number of nitrogens with one attached hydrogen (secondary N) is 1. The maximum Gasteiger partial charge on any atom is 0.270 e. The van der Waals surface area contributed by atoms with E-state index in [2.05, 4.69) is 15.2 Å². The first-order chi connectivity index (χ1) is 15.0. The zero-order valence-corrected chi connectivity index (χ0v) is 17.9. The van der Waals surface area contributed by atoms with Gasteiger partial charge >= 0.3 is 0 Å². The van der Waals surface area contributed by atoms with Gasteiger partial charge < -0.3 is 9.64 Å². The standard InChI is InChI=1S/C22H22N4O4S/c1-30-17-8-5-15(6-9-17)19-14-31-22(23-19)24-21(27)18-13-16(26(28)29)7-10-20(18)25-11-3-2-4-12-25/h5-10,13-14H,2-4,11-12H2,1H3,(H,23,24,27). The monoisotopic (exact) mass is 438 g/mol. The normalized spacial score (nSPS) is 13.6. The molecule has 9 heteroatoms. The fraction of sp³-hybridized carbons (Fsp3) is 0.273. The molecule has 0 unspecified atom stereocenters. The predicted molar refractivity (Wildman–Crippen MR) is 121 cm³/mol. The molecule has 0 atom stereocenters. The number of non-ortho nitro benzene ring substituents is 1. The van der Waals surface area contributed by atoms with Gasteiger partial charge in [0.1, 0.15) is 5.75 Å². The molecule has 2 heterocycles. The van der Waals surface area contributed by atoms with Crippen LogP contribution in [-0.2, 0) is 0 Å². The number of nitro benzene ring substituents is 1. The highest BCUT2D eigenvalue weighted by atomic mass is 32.1. The smallest absolute Gasteiger partial charge is 0.270 e. The van der Waals surface area contributed by atoms with Crippen molar-refractivity contribution in [3.05, 3.63) is 63.5 Å². The summed E-state index contributed by atoms with van der Waals surface area (Å²) in [5, 5.41) is 16.4. The summed E-state index contributed by atoms with van der Waals surface area (Å²) in [5.41, 5.74) is 2.54. The highest BCUT2D eigenvalue weighted by Crippen LogP contribution is 2.30. The summed E-state index contributed by atoms with van der Waals surface area (Å²) in [6.45, 7) is 1.66. The van der Waals surface area contributed by atoms with E-state index in [0.717, 1.165) is 55.0 Å². The molecule has 8 nitrogen and oxygen atoms in total. The summed E-state index contributed by atoms with van der Waals surface area (Å²) >= 11 is 1.31. The molecule has 1 aliphatic heterocycles. The van der Waals surface area contributed by atoms with E-state index in [1.54, 1.807) is 13.2 Å². The second-order valence-electron chi connectivity index (χ2n) is 7.23. The van der Waals surface area contributed by atoms with E-state index in [0.29, 0.717) is 5.13 Å². The van der Waals surface area contributed by atoms with Gasteiger partial charge in [0.05, 0.1) is 29.0 Å². The summed E-state index contributed by atoms with van der Waals surface area (Å²) < 4.78 is 5.17. The van der Waals surface area contributed by atoms with Gasteiger partial charge in [-0.3, -0.25) is 20.2 Å². The lowest BCUT2D eigenvalue weighted by atomic mass is 10.1. The number of nitrogens with zero attached hydrogens (tertiary/aromatic N) is 3. The van der Waals surface area contributed by atoms with Crippen LogP contribution in [0.2, 0.25) is 0 Å². The molecule has 1 N–H and O–H groups in total. The summed E-state index contributed by atoms with van der Waals surface area (Å²) in [7, 11) is 1.61. The molecule has 1 fully saturated rings. The van der Waals surface area contributed by atoms with Crippen molar-refractivity contribution in [3.63, 3.8) is 0 Å². The van der Waals surface area contributed by atoms with Gasteiger partial charge in [-0.25, -0.2) is 4.98 Å². The largest absolute Gasteiger partial charge is 0.497 e. The third kappa shape index (κ3) is 4.66. The summed E-state index contributed by atoms with van der Waals surface area (Å²) in [5.74, 6) is 0.350. The Morgan fingerprint density at radius 2 is 1.90 bits per heavy atom. The van der Waals surface area contributed by atoms with Crippen LogP contribution >= 0.6 is 11.3 Å². The minimum absolute atomic E-state index is 0.107. The number of thiazole rings is 1. The van der Waals surface area contributed by atoms with E-state index < -0.39 is 10.8 Å². The molecule has 1 aromatic heterocycles. The quantitative estimate of drug-likeness (QED) is 0.431. The van der Waals surface area contributed by atoms with Crippen LogP contribution in [0.15, 0.2) is 47.8 Å². The first kappa shape index (κ1) is 20.8. The third-order valence-corrected chi connectivity index (χ3v) is 6.00. The molecule has 4 rings (SSSR count). The number of hydrogen-bond donors (Lipinski definition) is 1. The Balaban J connectivity index is 1.58. The molecular weight excluding hydrogens is 416 g/mol. The summed E-state index contributed by atoms with van der Waals surface area (Å²) in [6.07, 6.45) is 3.23. The number of carbonyl (C=O) groups excluding carboxylic acids is 1. The van der Waals surface area contributed by atoms with Crippen molar-refractivity contribution in [2.24, 2.45) is 0 Å². The van der Waals surface area contributed by atoms with Crippen molar-refractivity contribution in [2.75, 3.05) is 30.4 Å². The highest BCUT2D eigenvalue weighted by Gasteiger charge is 2.22. The van der Waals surface area contributed by atoms with Crippen LogP contribution in [0.25, 0.3) is 11.3 Å². The van der Waals surface area contributed by atoms with E-state index in [1.165, 1.54) is 23.5 Å². The lowest BCUT2D eigenvalue weighted by Crippen LogP contribution is -2.31. The van der Waals surface area contributed by atoms with E-state index in [4.69, 9.17) is 4.74 Å². The Labute approximate surface area is 183 Å². The minimum atomic E-state index is -0.484. The SMILES string of the molecule is COc1ccc(-c2csc(NC(=O)c3cc([N+](=O)[O-])ccc3N3CCCCC3)n2)cc1. The van der Waals surface area contributed by atoms with Crippen LogP contribution < -0.4 is 15.0 Å². The highest BCUT2D eigenvalue weighted by molar-refractivity contribution is 7.14. The summed E-state index contributed by atoms with van der Waals surface area (Å²) in [6, 6.07) is 12.0. The second kappa shape index (κ2) is 9.13. The Bertz CT molecular complexity index is 1090. The van der Waals surface area contributed by atoms with Gasteiger partial charge in [-0.2, -0.15) is 0 Å². The molecule has 2 aromatic carbocycles. The Kier molecular flexibility index (Phi) is 6.13. The second-order valence-corrected chi connectivity index (χ2v) is 8.08. The maximum absolute atomic E-state index is 13.1. The van der Waals surface area contributed by atoms with Crippen molar-refractivity contribution in [2.45, 2.75) is 19.3 Å². The molecule has 0 bridgehead atoms. The minimum Gasteiger partial charge on any atom is -0.497 e. The number of aromatic nitrogens is 1. The average Bonchev–Trinajstić information content (AvgIpc) is 3.27. The van der Waals surface area contributed by atoms with Gasteiger partial charge in [-0.05, 0) is 49.6 Å². The number of hydrogen-bond acceptors (Lipinski definition) is 7. The van der Waals surface area contributed by atoms with E-state index >= 15 is 0 Å². The van der Waals surface area contributed by atoms with Crippen molar-refractivity contribution in [1.29, 1.82) is 0 Å². The third-order valence-electron chi connectivity index (χ3n) is 5.24. The number of nitro groups is 1. The first-order valence-corrected chi connectivity index (χ1v) is 10.9. The molecule has 0 saturated carbocycles. The van der Waals surface area contributed by atoms with Crippen LogP contribution in [0.3, 0.4) is 0 Å². The van der Waals surface area contributed by atoms with Gasteiger partial charge in [-0.15, -0.1) is 11.3 Å². The number of amides is 1. The average molecular weight is 439 g/mol. The number of anilines is 2. The predicted octanol–water partition coefficient (Wildman–Crippen LogP) is 4.97. The van der Waals surface area contributed by atoms with Crippen LogP contribution in [0.1, 0.15) is 29.6 Å². The Morgan fingerprint density at radius 1 is 1.16 bits per heavy atom. The van der Waals surface area contributed by atoms with Gasteiger partial charge in [0, 0.05) is 36.2 Å². The van der Waals surface area contributed by atoms with Crippen molar-refractivity contribution in [3.8, 4) is 17.0 Å². The summed E-state index contributed by atoms with van der Waals surface area (Å²) in [4.78, 5) is 30.5. The van der Waals surface area contributed by atoms with Crippen LogP contribution in [0.4, 0.5) is 16.5 Å². The van der Waals surface area contributed by atoms with E-state index in [9.17, 15) is 14.9 Å². The molecule has 1 saturated heterocycles. The van der Waals surface area contributed by atoms with Gasteiger partial charge in [0.15, 0.2) is 5.13 Å². The van der Waals surface area contributed by atoms with E-state index in [1.807, 2.05) is 29.6 Å². The van der Waals surface area contributed by atoms with Crippen molar-refractivity contribution < 1.29 is 14.5 Å². The van der Waals surface area contributed by atoms with Crippen molar-refractivity contribution in [1.82, 2.24) is 4.98 Å². The van der Waals surface area contributed by atoms with Crippen LogP contribution in [0.5, 0.6) is 5.75 Å². The molecule has 1 aliphatic rings. The lowest BCUT2D eigenvalue weighted by molar-refractivity contribution is -0.384.